The molecule has 218 valence electrons. The topological polar surface area (TPSA) is 88.7 Å². The minimum absolute atomic E-state index is 0.0171. The molecule has 43 heavy (non-hydrogen) atoms. The van der Waals surface area contributed by atoms with E-state index in [4.69, 9.17) is 9.47 Å². The van der Waals surface area contributed by atoms with Gasteiger partial charge in [0.15, 0.2) is 0 Å². The van der Waals surface area contributed by atoms with Gasteiger partial charge in [-0.3, -0.25) is 19.3 Å². The van der Waals surface area contributed by atoms with Crippen LogP contribution in [-0.4, -0.2) is 29.2 Å². The van der Waals surface area contributed by atoms with Gasteiger partial charge < -0.3 is 14.5 Å². The van der Waals surface area contributed by atoms with Crippen molar-refractivity contribution < 1.29 is 19.1 Å². The van der Waals surface area contributed by atoms with Crippen molar-refractivity contribution in [2.45, 2.75) is 29.2 Å². The molecule has 1 N–H and O–H groups in total. The predicted octanol–water partition coefficient (Wildman–Crippen LogP) is 6.46. The Morgan fingerprint density at radius 3 is 2.44 bits per heavy atom. The summed E-state index contributed by atoms with van der Waals surface area (Å²) in [5, 5.41) is 0.977. The van der Waals surface area contributed by atoms with Gasteiger partial charge in [0.25, 0.3) is 0 Å². The van der Waals surface area contributed by atoms with Crippen molar-refractivity contribution in [2.24, 2.45) is 29.6 Å². The zero-order chi connectivity index (χ0) is 29.4. The summed E-state index contributed by atoms with van der Waals surface area (Å²) < 4.78 is 12.7. The van der Waals surface area contributed by atoms with Gasteiger partial charge in [-0.05, 0) is 72.2 Å². The number of H-pyrrole nitrogens is 1. The first-order chi connectivity index (χ1) is 20.9. The Balaban J connectivity index is 1.19. The number of thiazole rings is 1. The van der Waals surface area contributed by atoms with Crippen molar-refractivity contribution in [1.82, 2.24) is 4.98 Å². The maximum Gasteiger partial charge on any atom is 0.305 e. The zero-order valence-corrected chi connectivity index (χ0v) is 26.3. The molecule has 1 saturated heterocycles. The molecule has 4 aromatic rings. The molecule has 4 aliphatic rings. The lowest BCUT2D eigenvalue weighted by molar-refractivity contribution is -0.123. The van der Waals surface area contributed by atoms with Gasteiger partial charge in [0.1, 0.15) is 18.1 Å². The van der Waals surface area contributed by atoms with Crippen molar-refractivity contribution in [3.8, 4) is 11.5 Å². The molecule has 7 atom stereocenters. The van der Waals surface area contributed by atoms with Crippen molar-refractivity contribution >= 4 is 56.5 Å². The minimum Gasteiger partial charge on any atom is -0.497 e. The summed E-state index contributed by atoms with van der Waals surface area (Å²) in [6.07, 6.45) is 0.829. The first kappa shape index (κ1) is 27.2. The highest BCUT2D eigenvalue weighted by molar-refractivity contribution is 9.10. The molecule has 0 radical (unpaired) electrons. The highest BCUT2D eigenvalue weighted by Crippen LogP contribution is 2.69. The quantitative estimate of drug-likeness (QED) is 0.236. The van der Waals surface area contributed by atoms with Crippen LogP contribution in [0.5, 0.6) is 11.5 Å². The zero-order valence-electron chi connectivity index (χ0n) is 23.1. The van der Waals surface area contributed by atoms with Crippen LogP contribution in [0.25, 0.3) is 0 Å². The molecule has 2 aliphatic heterocycles. The molecular weight excluding hydrogens is 648 g/mol. The Hall–Kier alpha value is -3.34. The Kier molecular flexibility index (Phi) is 6.58. The number of nitrogens with one attached hydrogen (secondary N) is 1. The Morgan fingerprint density at radius 2 is 1.70 bits per heavy atom. The van der Waals surface area contributed by atoms with Gasteiger partial charge in [0, 0.05) is 26.1 Å². The number of nitrogens with zero attached hydrogens (tertiary/aromatic N) is 1. The number of thioether (sulfide) groups is 1. The number of methoxy groups -OCH3 is 1. The number of carbonyl (C=O) groups is 2. The number of benzene rings is 3. The number of aromatic nitrogens is 1. The molecule has 8 rings (SSSR count). The Labute approximate surface area is 264 Å². The van der Waals surface area contributed by atoms with E-state index in [0.717, 1.165) is 37.7 Å². The summed E-state index contributed by atoms with van der Waals surface area (Å²) in [5.41, 5.74) is 2.66. The SMILES string of the molecule is COc1ccc(N2C(=O)[C@H]3[C@H]4C[C@@H]([C@@H]3C2=O)[C@H]2[C@H](c3cc(Br)ccc3OCc3ccccc3)c3sc(=O)[nH]c3S[C@H]42)cc1. The molecule has 3 fully saturated rings. The van der Waals surface area contributed by atoms with E-state index in [0.29, 0.717) is 18.0 Å². The Morgan fingerprint density at radius 1 is 0.953 bits per heavy atom. The van der Waals surface area contributed by atoms with Gasteiger partial charge in [0.05, 0.1) is 29.7 Å². The fraction of sp³-hybridized carbons (Fsp3) is 0.303. The second kappa shape index (κ2) is 10.4. The molecule has 1 aromatic heterocycles. The van der Waals surface area contributed by atoms with E-state index >= 15 is 0 Å². The van der Waals surface area contributed by atoms with Crippen LogP contribution in [0.2, 0.25) is 0 Å². The van der Waals surface area contributed by atoms with Crippen LogP contribution in [-0.2, 0) is 16.2 Å². The Bertz CT molecular complexity index is 1810. The normalized spacial score (nSPS) is 28.5. The maximum absolute atomic E-state index is 14.1. The summed E-state index contributed by atoms with van der Waals surface area (Å²) in [6, 6.07) is 23.2. The number of fused-ring (bicyclic) bond motifs is 9. The van der Waals surface area contributed by atoms with E-state index < -0.39 is 0 Å². The fourth-order valence-electron chi connectivity index (χ4n) is 7.98. The van der Waals surface area contributed by atoms with E-state index in [-0.39, 0.29) is 57.4 Å². The van der Waals surface area contributed by atoms with Gasteiger partial charge in [-0.15, -0.1) is 11.8 Å². The summed E-state index contributed by atoms with van der Waals surface area (Å²) in [7, 11) is 1.59. The highest BCUT2D eigenvalue weighted by atomic mass is 79.9. The summed E-state index contributed by atoms with van der Waals surface area (Å²) >= 11 is 6.62. The maximum atomic E-state index is 14.1. The van der Waals surface area contributed by atoms with Crippen LogP contribution < -0.4 is 19.2 Å². The van der Waals surface area contributed by atoms with Gasteiger partial charge in [-0.1, -0.05) is 57.6 Å². The number of hydrogen-bond donors (Lipinski definition) is 1. The fourth-order valence-corrected chi connectivity index (χ4v) is 11.2. The van der Waals surface area contributed by atoms with E-state index in [2.05, 4.69) is 27.0 Å². The summed E-state index contributed by atoms with van der Waals surface area (Å²) in [6.45, 7) is 0.418. The molecule has 2 bridgehead atoms. The molecule has 10 heteroatoms. The number of aromatic amines is 1. The molecule has 0 unspecified atom stereocenters. The monoisotopic (exact) mass is 674 g/mol. The van der Waals surface area contributed by atoms with Crippen LogP contribution in [0.1, 0.15) is 28.3 Å². The van der Waals surface area contributed by atoms with Crippen molar-refractivity contribution in [2.75, 3.05) is 12.0 Å². The van der Waals surface area contributed by atoms with E-state index in [9.17, 15) is 14.4 Å². The van der Waals surface area contributed by atoms with Crippen LogP contribution in [0.4, 0.5) is 5.69 Å². The van der Waals surface area contributed by atoms with Crippen LogP contribution in [0.3, 0.4) is 0 Å². The molecule has 2 saturated carbocycles. The first-order valence-electron chi connectivity index (χ1n) is 14.3. The number of amides is 2. The molecule has 2 amide bonds. The number of hydrogen-bond acceptors (Lipinski definition) is 7. The number of imide groups is 1. The molecule has 3 aromatic carbocycles. The standard InChI is InChI=1S/C33H27BrN2O5S2/c1-40-19-10-8-18(9-11-19)36-31(37)26-21-14-22(27(26)32(36)38)28-25(21)24(29-30(42-28)35-33(39)43-29)20-13-17(34)7-12-23(20)41-15-16-5-3-2-4-6-16/h2-13,21-22,24-28H,14-15H2,1H3,(H,35,39)/t21-,22-,24+,25+,26+,27+,28-/m1/s1. The lowest BCUT2D eigenvalue weighted by Crippen LogP contribution is -2.42. The predicted molar refractivity (Wildman–Crippen MR) is 169 cm³/mol. The van der Waals surface area contributed by atoms with Gasteiger partial charge in [-0.25, -0.2) is 0 Å². The van der Waals surface area contributed by atoms with Crippen molar-refractivity contribution in [3.63, 3.8) is 0 Å². The first-order valence-corrected chi connectivity index (χ1v) is 16.8. The molecular formula is C33H27BrN2O5S2. The van der Waals surface area contributed by atoms with Crippen LogP contribution in [0, 0.1) is 29.6 Å². The lowest BCUT2D eigenvalue weighted by atomic mass is 9.68. The average Bonchev–Trinajstić information content (AvgIpc) is 3.76. The van der Waals surface area contributed by atoms with Gasteiger partial charge in [0.2, 0.25) is 11.8 Å². The molecule has 2 aliphatic carbocycles. The van der Waals surface area contributed by atoms with Gasteiger partial charge in [-0.2, -0.15) is 0 Å². The van der Waals surface area contributed by atoms with Crippen LogP contribution in [0.15, 0.2) is 87.1 Å². The van der Waals surface area contributed by atoms with Gasteiger partial charge >= 0.3 is 4.87 Å². The number of halogens is 1. The summed E-state index contributed by atoms with van der Waals surface area (Å²) in [5.74, 6) is 0.501. The second-order valence-electron chi connectivity index (χ2n) is 11.6. The van der Waals surface area contributed by atoms with Crippen LogP contribution >= 0.6 is 39.0 Å². The lowest BCUT2D eigenvalue weighted by Gasteiger charge is -2.43. The number of anilines is 1. The second-order valence-corrected chi connectivity index (χ2v) is 14.7. The third-order valence-electron chi connectivity index (χ3n) is 9.60. The number of ether oxygens (including phenoxy) is 2. The molecule has 3 heterocycles. The number of carbonyl (C=O) groups excluding carboxylic acids is 2. The third-order valence-corrected chi connectivity index (χ3v) is 12.7. The van der Waals surface area contributed by atoms with Crippen molar-refractivity contribution in [3.05, 3.63) is 103 Å². The average molecular weight is 676 g/mol. The van der Waals surface area contributed by atoms with E-state index in [1.807, 2.05) is 42.5 Å². The molecule has 0 spiro atoms. The molecule has 7 nitrogen and oxygen atoms in total. The van der Waals surface area contributed by atoms with Crippen molar-refractivity contribution in [1.29, 1.82) is 0 Å². The number of rotatable bonds is 6. The minimum atomic E-state index is -0.373. The third kappa shape index (κ3) is 4.24. The smallest absolute Gasteiger partial charge is 0.305 e. The largest absolute Gasteiger partial charge is 0.497 e. The van der Waals surface area contributed by atoms with E-state index in [1.54, 1.807) is 43.1 Å². The summed E-state index contributed by atoms with van der Waals surface area (Å²) in [4.78, 5) is 46.1. The highest BCUT2D eigenvalue weighted by Gasteiger charge is 2.69. The van der Waals surface area contributed by atoms with E-state index in [1.165, 1.54) is 16.2 Å².